The number of nitrogens with zero attached hydrogens (tertiary/aromatic N) is 1. The van der Waals surface area contributed by atoms with Crippen LogP contribution in [0.1, 0.15) is 13.8 Å². The smallest absolute Gasteiger partial charge is 0.242 e. The predicted octanol–water partition coefficient (Wildman–Crippen LogP) is 1.26. The Labute approximate surface area is 103 Å². The first-order valence-corrected chi connectivity index (χ1v) is 6.86. The van der Waals surface area contributed by atoms with Crippen molar-refractivity contribution in [2.45, 2.75) is 24.8 Å². The average molecular weight is 257 g/mol. The summed E-state index contributed by atoms with van der Waals surface area (Å²) < 4.78 is 26.7. The Bertz CT molecular complexity index is 469. The molecule has 0 aliphatic heterocycles. The van der Waals surface area contributed by atoms with Crippen molar-refractivity contribution in [3.8, 4) is 0 Å². The summed E-state index contributed by atoms with van der Waals surface area (Å²) in [6.07, 6.45) is 0. The van der Waals surface area contributed by atoms with Gasteiger partial charge in [0.2, 0.25) is 10.0 Å². The molecule has 0 amide bonds. The lowest BCUT2D eigenvalue weighted by Gasteiger charge is -2.18. The molecule has 0 saturated heterocycles. The van der Waals surface area contributed by atoms with Gasteiger partial charge >= 0.3 is 0 Å². The average Bonchev–Trinajstić information content (AvgIpc) is 2.15. The molecule has 0 aromatic heterocycles. The van der Waals surface area contributed by atoms with Gasteiger partial charge in [-0.15, -0.1) is 0 Å². The fourth-order valence-corrected chi connectivity index (χ4v) is 2.82. The monoisotopic (exact) mass is 257 g/mol. The molecular formula is C11H19N3O2S. The summed E-state index contributed by atoms with van der Waals surface area (Å²) in [4.78, 5) is 0.252. The molecule has 0 fully saturated rings. The molecule has 1 aromatic carbocycles. The van der Waals surface area contributed by atoms with Crippen LogP contribution in [0.4, 0.5) is 5.69 Å². The van der Waals surface area contributed by atoms with Gasteiger partial charge in [-0.2, -0.15) is 0 Å². The van der Waals surface area contributed by atoms with E-state index in [1.165, 1.54) is 0 Å². The molecule has 0 atom stereocenters. The molecule has 0 aliphatic carbocycles. The van der Waals surface area contributed by atoms with Crippen LogP contribution < -0.4 is 10.1 Å². The van der Waals surface area contributed by atoms with Gasteiger partial charge in [0.25, 0.3) is 0 Å². The SMILES string of the molecule is CC(C)NS(=O)(=O)c1ccccc1NN(C)C. The summed E-state index contributed by atoms with van der Waals surface area (Å²) in [7, 11) is 0.135. The molecule has 0 heterocycles. The summed E-state index contributed by atoms with van der Waals surface area (Å²) >= 11 is 0. The van der Waals surface area contributed by atoms with E-state index in [2.05, 4.69) is 10.1 Å². The number of anilines is 1. The molecule has 0 radical (unpaired) electrons. The highest BCUT2D eigenvalue weighted by molar-refractivity contribution is 7.89. The van der Waals surface area contributed by atoms with Crippen molar-refractivity contribution in [1.29, 1.82) is 0 Å². The van der Waals surface area contributed by atoms with E-state index in [0.717, 1.165) is 0 Å². The van der Waals surface area contributed by atoms with E-state index >= 15 is 0 Å². The van der Waals surface area contributed by atoms with Crippen molar-refractivity contribution in [3.63, 3.8) is 0 Å². The number of hydrazine groups is 1. The van der Waals surface area contributed by atoms with Gasteiger partial charge in [0.1, 0.15) is 4.90 Å². The molecule has 17 heavy (non-hydrogen) atoms. The Kier molecular flexibility index (Phi) is 4.50. The zero-order valence-electron chi connectivity index (χ0n) is 10.6. The predicted molar refractivity (Wildman–Crippen MR) is 69.2 cm³/mol. The van der Waals surface area contributed by atoms with Gasteiger partial charge < -0.3 is 5.43 Å². The molecule has 0 aliphatic rings. The third kappa shape index (κ3) is 3.99. The minimum atomic E-state index is -3.47. The van der Waals surface area contributed by atoms with Gasteiger partial charge in [0.05, 0.1) is 5.69 Å². The van der Waals surface area contributed by atoms with Crippen molar-refractivity contribution in [2.24, 2.45) is 0 Å². The zero-order valence-corrected chi connectivity index (χ0v) is 11.4. The van der Waals surface area contributed by atoms with E-state index in [1.807, 2.05) is 0 Å². The lowest BCUT2D eigenvalue weighted by molar-refractivity contribution is 0.492. The topological polar surface area (TPSA) is 61.4 Å². The Hall–Kier alpha value is -1.11. The van der Waals surface area contributed by atoms with Crippen molar-refractivity contribution >= 4 is 15.7 Å². The van der Waals surface area contributed by atoms with E-state index in [1.54, 1.807) is 57.2 Å². The first-order valence-electron chi connectivity index (χ1n) is 5.38. The van der Waals surface area contributed by atoms with Crippen LogP contribution >= 0.6 is 0 Å². The third-order valence-electron chi connectivity index (χ3n) is 1.91. The van der Waals surface area contributed by atoms with Crippen LogP contribution in [-0.4, -0.2) is 33.6 Å². The summed E-state index contributed by atoms with van der Waals surface area (Å²) in [6.45, 7) is 3.58. The van der Waals surface area contributed by atoms with Crippen molar-refractivity contribution < 1.29 is 8.42 Å². The van der Waals surface area contributed by atoms with Gasteiger partial charge in [0.15, 0.2) is 0 Å². The van der Waals surface area contributed by atoms with Gasteiger partial charge in [-0.3, -0.25) is 0 Å². The fraction of sp³-hybridized carbons (Fsp3) is 0.455. The van der Waals surface area contributed by atoms with Crippen LogP contribution in [0.3, 0.4) is 0 Å². The molecule has 96 valence electrons. The second-order valence-corrected chi connectivity index (χ2v) is 5.96. The molecule has 0 spiro atoms. The molecule has 2 N–H and O–H groups in total. The Morgan fingerprint density at radius 3 is 2.29 bits per heavy atom. The molecule has 1 aromatic rings. The largest absolute Gasteiger partial charge is 0.318 e. The Balaban J connectivity index is 3.13. The van der Waals surface area contributed by atoms with E-state index in [-0.39, 0.29) is 10.9 Å². The quantitative estimate of drug-likeness (QED) is 0.780. The van der Waals surface area contributed by atoms with Crippen molar-refractivity contribution in [3.05, 3.63) is 24.3 Å². The van der Waals surface area contributed by atoms with Crippen LogP contribution in [0.5, 0.6) is 0 Å². The number of rotatable bonds is 5. The van der Waals surface area contributed by atoms with E-state index in [9.17, 15) is 8.42 Å². The van der Waals surface area contributed by atoms with Gasteiger partial charge in [-0.25, -0.2) is 18.1 Å². The maximum Gasteiger partial charge on any atom is 0.242 e. The highest BCUT2D eigenvalue weighted by atomic mass is 32.2. The Morgan fingerprint density at radius 1 is 1.18 bits per heavy atom. The lowest BCUT2D eigenvalue weighted by Crippen LogP contribution is -2.31. The maximum absolute atomic E-state index is 12.1. The number of nitrogens with one attached hydrogen (secondary N) is 2. The van der Waals surface area contributed by atoms with E-state index < -0.39 is 10.0 Å². The first kappa shape index (κ1) is 14.0. The number of para-hydroxylation sites is 1. The second kappa shape index (κ2) is 5.48. The lowest BCUT2D eigenvalue weighted by atomic mass is 10.3. The number of hydrogen-bond donors (Lipinski definition) is 2. The molecular weight excluding hydrogens is 238 g/mol. The molecule has 5 nitrogen and oxygen atoms in total. The summed E-state index contributed by atoms with van der Waals surface area (Å²) in [5.41, 5.74) is 3.53. The Morgan fingerprint density at radius 2 is 1.76 bits per heavy atom. The normalized spacial score (nSPS) is 12.1. The standard InChI is InChI=1S/C11H19N3O2S/c1-9(2)13-17(15,16)11-8-6-5-7-10(11)12-14(3)4/h5-9,12-13H,1-4H3. The first-order chi connectivity index (χ1) is 7.83. The summed E-state index contributed by atoms with van der Waals surface area (Å²) in [5.74, 6) is 0. The number of sulfonamides is 1. The molecule has 0 unspecified atom stereocenters. The minimum Gasteiger partial charge on any atom is -0.318 e. The minimum absolute atomic E-state index is 0.132. The summed E-state index contributed by atoms with van der Waals surface area (Å²) in [5, 5.41) is 1.70. The van der Waals surface area contributed by atoms with Crippen LogP contribution in [0, 0.1) is 0 Å². The molecule has 0 saturated carbocycles. The van der Waals surface area contributed by atoms with Crippen molar-refractivity contribution in [2.75, 3.05) is 19.5 Å². The van der Waals surface area contributed by atoms with Gasteiger partial charge in [-0.1, -0.05) is 12.1 Å². The van der Waals surface area contributed by atoms with E-state index in [4.69, 9.17) is 0 Å². The summed E-state index contributed by atoms with van der Waals surface area (Å²) in [6, 6.07) is 6.67. The molecule has 1 rings (SSSR count). The number of benzene rings is 1. The van der Waals surface area contributed by atoms with Gasteiger partial charge in [0, 0.05) is 20.1 Å². The molecule has 6 heteroatoms. The van der Waals surface area contributed by atoms with Crippen LogP contribution in [-0.2, 0) is 10.0 Å². The number of hydrogen-bond acceptors (Lipinski definition) is 4. The van der Waals surface area contributed by atoms with E-state index in [0.29, 0.717) is 5.69 Å². The highest BCUT2D eigenvalue weighted by Crippen LogP contribution is 2.20. The van der Waals surface area contributed by atoms with Crippen LogP contribution in [0.25, 0.3) is 0 Å². The van der Waals surface area contributed by atoms with Crippen LogP contribution in [0.15, 0.2) is 29.2 Å². The molecule has 0 bridgehead atoms. The highest BCUT2D eigenvalue weighted by Gasteiger charge is 2.19. The van der Waals surface area contributed by atoms with Crippen molar-refractivity contribution in [1.82, 2.24) is 9.73 Å². The van der Waals surface area contributed by atoms with Crippen LogP contribution in [0.2, 0.25) is 0 Å². The third-order valence-corrected chi connectivity index (χ3v) is 3.63. The maximum atomic E-state index is 12.1. The van der Waals surface area contributed by atoms with Gasteiger partial charge in [-0.05, 0) is 26.0 Å². The fourth-order valence-electron chi connectivity index (χ4n) is 1.41. The zero-order chi connectivity index (χ0) is 13.1. The second-order valence-electron chi connectivity index (χ2n) is 4.28.